The summed E-state index contributed by atoms with van der Waals surface area (Å²) < 4.78 is 10.4. The third-order valence-corrected chi connectivity index (χ3v) is 4.66. The van der Waals surface area contributed by atoms with E-state index < -0.39 is 5.97 Å². The second-order valence-electron chi connectivity index (χ2n) is 6.76. The van der Waals surface area contributed by atoms with Gasteiger partial charge in [-0.3, -0.25) is 4.79 Å². The minimum atomic E-state index is -0.436. The fraction of sp³-hybridized carbons (Fsp3) is 0.154. The molecule has 0 atom stereocenters. The van der Waals surface area contributed by atoms with Gasteiger partial charge >= 0.3 is 11.9 Å². The van der Waals surface area contributed by atoms with Gasteiger partial charge in [0.05, 0.1) is 13.0 Å². The molecule has 152 valence electrons. The fourth-order valence-electron chi connectivity index (χ4n) is 3.11. The Bertz CT molecular complexity index is 991. The van der Waals surface area contributed by atoms with E-state index in [2.05, 4.69) is 24.8 Å². The van der Waals surface area contributed by atoms with Crippen molar-refractivity contribution in [3.8, 4) is 16.9 Å². The first-order chi connectivity index (χ1) is 14.7. The highest BCUT2D eigenvalue weighted by Crippen LogP contribution is 2.24. The van der Waals surface area contributed by atoms with E-state index in [9.17, 15) is 9.59 Å². The molecule has 0 aromatic heterocycles. The Morgan fingerprint density at radius 3 is 2.27 bits per heavy atom. The van der Waals surface area contributed by atoms with E-state index >= 15 is 0 Å². The maximum Gasteiger partial charge on any atom is 0.330 e. The number of aryl methyl sites for hydroxylation is 1. The number of ether oxygens (including phenoxy) is 2. The van der Waals surface area contributed by atoms with Crippen molar-refractivity contribution in [2.24, 2.45) is 0 Å². The lowest BCUT2D eigenvalue weighted by atomic mass is 9.97. The van der Waals surface area contributed by atoms with Gasteiger partial charge in [0, 0.05) is 12.5 Å². The Kier molecular flexibility index (Phi) is 7.56. The zero-order chi connectivity index (χ0) is 21.2. The summed E-state index contributed by atoms with van der Waals surface area (Å²) in [4.78, 5) is 23.4. The lowest BCUT2D eigenvalue weighted by molar-refractivity contribution is -0.137. The van der Waals surface area contributed by atoms with Gasteiger partial charge in [-0.2, -0.15) is 0 Å². The van der Waals surface area contributed by atoms with Gasteiger partial charge in [0.1, 0.15) is 5.75 Å². The van der Waals surface area contributed by atoms with Gasteiger partial charge in [-0.1, -0.05) is 73.3 Å². The van der Waals surface area contributed by atoms with Gasteiger partial charge in [-0.15, -0.1) is 0 Å². The lowest BCUT2D eigenvalue weighted by Gasteiger charge is -2.10. The monoisotopic (exact) mass is 400 g/mol. The maximum absolute atomic E-state index is 12.3. The van der Waals surface area contributed by atoms with Gasteiger partial charge in [0.2, 0.25) is 0 Å². The molecule has 0 amide bonds. The SMILES string of the molecule is C=CC(=O)OCCc1ccc(OC(=O)CCc2ccccc2-c2ccccc2)cc1. The molecule has 0 N–H and O–H groups in total. The number of rotatable bonds is 9. The van der Waals surface area contributed by atoms with E-state index in [0.717, 1.165) is 28.3 Å². The Labute approximate surface area is 176 Å². The average Bonchev–Trinajstić information content (AvgIpc) is 2.79. The molecule has 0 spiro atoms. The smallest absolute Gasteiger partial charge is 0.330 e. The molecule has 0 aliphatic heterocycles. The molecule has 30 heavy (non-hydrogen) atoms. The van der Waals surface area contributed by atoms with Crippen LogP contribution in [0.15, 0.2) is 91.5 Å². The topological polar surface area (TPSA) is 52.6 Å². The lowest BCUT2D eigenvalue weighted by Crippen LogP contribution is -2.09. The molecule has 0 unspecified atom stereocenters. The van der Waals surface area contributed by atoms with Crippen molar-refractivity contribution in [1.82, 2.24) is 0 Å². The molecular weight excluding hydrogens is 376 g/mol. The van der Waals surface area contributed by atoms with Crippen LogP contribution in [0.2, 0.25) is 0 Å². The minimum absolute atomic E-state index is 0.273. The second-order valence-corrected chi connectivity index (χ2v) is 6.76. The Morgan fingerprint density at radius 2 is 1.53 bits per heavy atom. The normalized spacial score (nSPS) is 10.3. The highest BCUT2D eigenvalue weighted by atomic mass is 16.5. The van der Waals surface area contributed by atoms with Crippen LogP contribution in [0, 0.1) is 0 Å². The van der Waals surface area contributed by atoms with Crippen molar-refractivity contribution in [1.29, 1.82) is 0 Å². The van der Waals surface area contributed by atoms with Crippen LogP contribution in [0.1, 0.15) is 17.5 Å². The summed E-state index contributed by atoms with van der Waals surface area (Å²) in [6, 6.07) is 25.5. The first kappa shape index (κ1) is 21.1. The summed E-state index contributed by atoms with van der Waals surface area (Å²) in [5.74, 6) is -0.205. The molecule has 0 aliphatic rings. The summed E-state index contributed by atoms with van der Waals surface area (Å²) in [5.41, 5.74) is 4.37. The van der Waals surface area contributed by atoms with Crippen LogP contribution in [-0.4, -0.2) is 18.5 Å². The molecule has 0 bridgehead atoms. The van der Waals surface area contributed by atoms with E-state index in [1.807, 2.05) is 48.5 Å². The summed E-state index contributed by atoms with van der Waals surface area (Å²) in [5, 5.41) is 0. The Hall–Kier alpha value is -3.66. The van der Waals surface area contributed by atoms with Crippen molar-refractivity contribution in [3.05, 3.63) is 103 Å². The summed E-state index contributed by atoms with van der Waals surface area (Å²) in [6.45, 7) is 3.64. The number of carbonyl (C=O) groups excluding carboxylic acids is 2. The van der Waals surface area contributed by atoms with Crippen LogP contribution in [0.3, 0.4) is 0 Å². The highest BCUT2D eigenvalue weighted by molar-refractivity contribution is 5.81. The molecule has 0 fully saturated rings. The number of esters is 2. The van der Waals surface area contributed by atoms with Crippen molar-refractivity contribution in [2.75, 3.05) is 6.61 Å². The third kappa shape index (κ3) is 6.17. The molecule has 3 aromatic carbocycles. The van der Waals surface area contributed by atoms with Gasteiger partial charge in [0.15, 0.2) is 0 Å². The zero-order valence-electron chi connectivity index (χ0n) is 16.8. The van der Waals surface area contributed by atoms with Crippen molar-refractivity contribution in [3.63, 3.8) is 0 Å². The molecule has 0 saturated carbocycles. The minimum Gasteiger partial charge on any atom is -0.462 e. The predicted octanol–water partition coefficient (Wildman–Crippen LogP) is 5.16. The van der Waals surface area contributed by atoms with Gasteiger partial charge in [-0.05, 0) is 40.8 Å². The van der Waals surface area contributed by atoms with Crippen LogP contribution in [0.25, 0.3) is 11.1 Å². The van der Waals surface area contributed by atoms with Crippen molar-refractivity contribution < 1.29 is 19.1 Å². The Balaban J connectivity index is 1.52. The van der Waals surface area contributed by atoms with E-state index in [0.29, 0.717) is 25.0 Å². The fourth-order valence-corrected chi connectivity index (χ4v) is 3.11. The average molecular weight is 400 g/mol. The zero-order valence-corrected chi connectivity index (χ0v) is 16.8. The molecule has 3 aromatic rings. The van der Waals surface area contributed by atoms with E-state index in [1.165, 1.54) is 0 Å². The largest absolute Gasteiger partial charge is 0.462 e. The number of carbonyl (C=O) groups is 2. The van der Waals surface area contributed by atoms with Crippen LogP contribution in [-0.2, 0) is 27.2 Å². The summed E-state index contributed by atoms with van der Waals surface area (Å²) >= 11 is 0. The molecule has 0 aliphatic carbocycles. The maximum atomic E-state index is 12.3. The van der Waals surface area contributed by atoms with Gasteiger partial charge < -0.3 is 9.47 Å². The molecule has 0 heterocycles. The van der Waals surface area contributed by atoms with Gasteiger partial charge in [0.25, 0.3) is 0 Å². The van der Waals surface area contributed by atoms with E-state index in [1.54, 1.807) is 12.1 Å². The molecule has 4 heteroatoms. The predicted molar refractivity (Wildman–Crippen MR) is 117 cm³/mol. The van der Waals surface area contributed by atoms with E-state index in [4.69, 9.17) is 9.47 Å². The first-order valence-corrected chi connectivity index (χ1v) is 9.88. The number of hydrogen-bond donors (Lipinski definition) is 0. The molecular formula is C26H24O4. The molecule has 0 radical (unpaired) electrons. The van der Waals surface area contributed by atoms with Crippen LogP contribution in [0.5, 0.6) is 5.75 Å². The quantitative estimate of drug-likeness (QED) is 0.283. The molecule has 4 nitrogen and oxygen atoms in total. The standard InChI is InChI=1S/C26H24O4/c1-2-25(27)29-19-18-20-12-15-23(16-13-20)30-26(28)17-14-22-10-6-7-11-24(22)21-8-4-3-5-9-21/h2-13,15-16H,1,14,17-19H2. The number of benzene rings is 3. The van der Waals surface area contributed by atoms with Gasteiger partial charge in [-0.25, -0.2) is 4.79 Å². The van der Waals surface area contributed by atoms with E-state index in [-0.39, 0.29) is 12.6 Å². The van der Waals surface area contributed by atoms with Crippen LogP contribution in [0.4, 0.5) is 0 Å². The number of hydrogen-bond acceptors (Lipinski definition) is 4. The van der Waals surface area contributed by atoms with Crippen LogP contribution >= 0.6 is 0 Å². The van der Waals surface area contributed by atoms with Crippen molar-refractivity contribution in [2.45, 2.75) is 19.3 Å². The summed E-state index contributed by atoms with van der Waals surface area (Å²) in [6.07, 6.45) is 2.63. The van der Waals surface area contributed by atoms with Crippen molar-refractivity contribution >= 4 is 11.9 Å². The second kappa shape index (κ2) is 10.8. The highest BCUT2D eigenvalue weighted by Gasteiger charge is 2.09. The molecule has 0 saturated heterocycles. The first-order valence-electron chi connectivity index (χ1n) is 9.88. The Morgan fingerprint density at radius 1 is 0.833 bits per heavy atom. The third-order valence-electron chi connectivity index (χ3n) is 4.66. The molecule has 3 rings (SSSR count). The van der Waals surface area contributed by atoms with Crippen LogP contribution < -0.4 is 4.74 Å². The summed E-state index contributed by atoms with van der Waals surface area (Å²) in [7, 11) is 0.